The molecule has 2 amide bonds. The van der Waals surface area contributed by atoms with Crippen molar-refractivity contribution >= 4 is 22.0 Å². The number of hydrogen-bond acceptors (Lipinski definition) is 6. The molecule has 1 saturated heterocycles. The van der Waals surface area contributed by atoms with Gasteiger partial charge in [0, 0.05) is 26.2 Å². The first-order valence-corrected chi connectivity index (χ1v) is 9.22. The lowest BCUT2D eigenvalue weighted by atomic mass is 10.3. The van der Waals surface area contributed by atoms with E-state index >= 15 is 0 Å². The lowest BCUT2D eigenvalue weighted by Crippen LogP contribution is -2.51. The van der Waals surface area contributed by atoms with Crippen LogP contribution in [-0.2, 0) is 19.6 Å². The van der Waals surface area contributed by atoms with Crippen LogP contribution >= 0.6 is 0 Å². The minimum absolute atomic E-state index is 0.0492. The molecule has 0 saturated carbocycles. The zero-order valence-corrected chi connectivity index (χ0v) is 14.6. The van der Waals surface area contributed by atoms with E-state index in [-0.39, 0.29) is 31.1 Å². The first-order chi connectivity index (χ1) is 11.8. The molecule has 0 radical (unpaired) electrons. The molecule has 1 fully saturated rings. The Kier molecular flexibility index (Phi) is 6.45. The zero-order chi connectivity index (χ0) is 18.4. The number of amides is 2. The molecule has 0 spiro atoms. The molecule has 0 aliphatic carbocycles. The SMILES string of the molecule is CCOC(=O)NC(=O)CN1CCN(S(=O)(=O)c2ccccc2F)CC1. The number of nitrogens with zero attached hydrogens (tertiary/aromatic N) is 2. The van der Waals surface area contributed by atoms with Crippen molar-refractivity contribution in [1.29, 1.82) is 0 Å². The Morgan fingerprint density at radius 2 is 1.84 bits per heavy atom. The third kappa shape index (κ3) is 4.97. The Morgan fingerprint density at radius 3 is 2.44 bits per heavy atom. The van der Waals surface area contributed by atoms with Gasteiger partial charge in [0.2, 0.25) is 15.9 Å². The van der Waals surface area contributed by atoms with Crippen molar-refractivity contribution in [1.82, 2.24) is 14.5 Å². The molecule has 0 aromatic heterocycles. The molecule has 1 aromatic carbocycles. The van der Waals surface area contributed by atoms with Gasteiger partial charge in [0.1, 0.15) is 10.7 Å². The fourth-order valence-corrected chi connectivity index (χ4v) is 3.93. The summed E-state index contributed by atoms with van der Waals surface area (Å²) < 4.78 is 44.5. The van der Waals surface area contributed by atoms with Gasteiger partial charge in [-0.2, -0.15) is 4.31 Å². The number of sulfonamides is 1. The number of halogens is 1. The molecule has 1 heterocycles. The van der Waals surface area contributed by atoms with Gasteiger partial charge in [-0.05, 0) is 19.1 Å². The molecule has 25 heavy (non-hydrogen) atoms. The first kappa shape index (κ1) is 19.3. The maximum atomic E-state index is 13.8. The Labute approximate surface area is 145 Å². The quantitative estimate of drug-likeness (QED) is 0.803. The van der Waals surface area contributed by atoms with E-state index in [1.54, 1.807) is 11.8 Å². The molecule has 138 valence electrons. The van der Waals surface area contributed by atoms with Crippen LogP contribution in [0.5, 0.6) is 0 Å². The summed E-state index contributed by atoms with van der Waals surface area (Å²) in [4.78, 5) is 24.2. The van der Waals surface area contributed by atoms with Gasteiger partial charge < -0.3 is 4.74 Å². The second-order valence-corrected chi connectivity index (χ2v) is 7.29. The van der Waals surface area contributed by atoms with Gasteiger partial charge in [-0.25, -0.2) is 17.6 Å². The number of hydrogen-bond donors (Lipinski definition) is 1. The van der Waals surface area contributed by atoms with E-state index in [0.29, 0.717) is 13.1 Å². The number of nitrogens with one attached hydrogen (secondary N) is 1. The predicted molar refractivity (Wildman–Crippen MR) is 86.8 cm³/mol. The van der Waals surface area contributed by atoms with Crippen LogP contribution in [-0.4, -0.2) is 69.0 Å². The summed E-state index contributed by atoms with van der Waals surface area (Å²) in [5.41, 5.74) is 0. The van der Waals surface area contributed by atoms with Gasteiger partial charge in [-0.1, -0.05) is 12.1 Å². The number of imide groups is 1. The van der Waals surface area contributed by atoms with Gasteiger partial charge >= 0.3 is 6.09 Å². The number of carbonyl (C=O) groups excluding carboxylic acids is 2. The highest BCUT2D eigenvalue weighted by Gasteiger charge is 2.30. The number of ether oxygens (including phenoxy) is 1. The highest BCUT2D eigenvalue weighted by Crippen LogP contribution is 2.20. The number of alkyl carbamates (subject to hydrolysis) is 1. The maximum absolute atomic E-state index is 13.8. The molecule has 1 aliphatic heterocycles. The van der Waals surface area contributed by atoms with Crippen LogP contribution < -0.4 is 5.32 Å². The molecule has 1 aromatic rings. The summed E-state index contributed by atoms with van der Waals surface area (Å²) in [6, 6.07) is 5.22. The van der Waals surface area contributed by atoms with E-state index in [0.717, 1.165) is 6.07 Å². The van der Waals surface area contributed by atoms with Crippen molar-refractivity contribution in [3.8, 4) is 0 Å². The van der Waals surface area contributed by atoms with Gasteiger partial charge in [0.05, 0.1) is 13.2 Å². The molecule has 0 unspecified atom stereocenters. The Bertz CT molecular complexity index is 732. The summed E-state index contributed by atoms with van der Waals surface area (Å²) >= 11 is 0. The Balaban J connectivity index is 1.90. The highest BCUT2D eigenvalue weighted by atomic mass is 32.2. The summed E-state index contributed by atoms with van der Waals surface area (Å²) in [5.74, 6) is -1.32. The minimum Gasteiger partial charge on any atom is -0.450 e. The average Bonchev–Trinajstić information content (AvgIpc) is 2.55. The van der Waals surface area contributed by atoms with Crippen molar-refractivity contribution in [3.05, 3.63) is 30.1 Å². The molecule has 1 N–H and O–H groups in total. The lowest BCUT2D eigenvalue weighted by Gasteiger charge is -2.33. The van der Waals surface area contributed by atoms with E-state index in [9.17, 15) is 22.4 Å². The monoisotopic (exact) mass is 373 g/mol. The molecular formula is C15H20FN3O5S. The van der Waals surface area contributed by atoms with Crippen molar-refractivity contribution in [2.75, 3.05) is 39.3 Å². The van der Waals surface area contributed by atoms with Crippen LogP contribution in [0, 0.1) is 5.82 Å². The third-order valence-electron chi connectivity index (χ3n) is 3.67. The van der Waals surface area contributed by atoms with Crippen molar-refractivity contribution in [3.63, 3.8) is 0 Å². The van der Waals surface area contributed by atoms with Crippen LogP contribution in [0.25, 0.3) is 0 Å². The lowest BCUT2D eigenvalue weighted by molar-refractivity contribution is -0.121. The second-order valence-electron chi connectivity index (χ2n) is 5.38. The normalized spacial score (nSPS) is 16.4. The van der Waals surface area contributed by atoms with Gasteiger partial charge in [0.25, 0.3) is 0 Å². The van der Waals surface area contributed by atoms with Crippen molar-refractivity contribution in [2.24, 2.45) is 0 Å². The topological polar surface area (TPSA) is 96.0 Å². The minimum atomic E-state index is -3.91. The predicted octanol–water partition coefficient (Wildman–Crippen LogP) is 0.405. The third-order valence-corrected chi connectivity index (χ3v) is 5.60. The number of piperazine rings is 1. The molecule has 2 rings (SSSR count). The number of benzene rings is 1. The van der Waals surface area contributed by atoms with Gasteiger partial charge in [-0.3, -0.25) is 15.0 Å². The van der Waals surface area contributed by atoms with Crippen LogP contribution in [0.15, 0.2) is 29.2 Å². The van der Waals surface area contributed by atoms with Crippen LogP contribution in [0.4, 0.5) is 9.18 Å². The highest BCUT2D eigenvalue weighted by molar-refractivity contribution is 7.89. The van der Waals surface area contributed by atoms with Crippen LogP contribution in [0.1, 0.15) is 6.92 Å². The smallest absolute Gasteiger partial charge is 0.413 e. The number of carbonyl (C=O) groups is 2. The summed E-state index contributed by atoms with van der Waals surface area (Å²) in [6.45, 7) is 2.58. The Hall–Kier alpha value is -2.04. The Morgan fingerprint density at radius 1 is 1.20 bits per heavy atom. The average molecular weight is 373 g/mol. The van der Waals surface area contributed by atoms with Crippen LogP contribution in [0.3, 0.4) is 0 Å². The van der Waals surface area contributed by atoms with E-state index < -0.39 is 27.8 Å². The maximum Gasteiger partial charge on any atom is 0.413 e. The van der Waals surface area contributed by atoms with Gasteiger partial charge in [0.15, 0.2) is 0 Å². The van der Waals surface area contributed by atoms with E-state index in [2.05, 4.69) is 10.1 Å². The molecule has 10 heteroatoms. The fraction of sp³-hybridized carbons (Fsp3) is 0.467. The molecule has 1 aliphatic rings. The fourth-order valence-electron chi connectivity index (χ4n) is 2.44. The zero-order valence-electron chi connectivity index (χ0n) is 13.8. The largest absolute Gasteiger partial charge is 0.450 e. The molecular weight excluding hydrogens is 353 g/mol. The van der Waals surface area contributed by atoms with E-state index in [1.165, 1.54) is 22.5 Å². The molecule has 8 nitrogen and oxygen atoms in total. The first-order valence-electron chi connectivity index (χ1n) is 7.78. The van der Waals surface area contributed by atoms with Gasteiger partial charge in [-0.15, -0.1) is 0 Å². The van der Waals surface area contributed by atoms with Crippen molar-refractivity contribution in [2.45, 2.75) is 11.8 Å². The summed E-state index contributed by atoms with van der Waals surface area (Å²) in [6.07, 6.45) is -0.812. The molecule has 0 bridgehead atoms. The van der Waals surface area contributed by atoms with Crippen LogP contribution in [0.2, 0.25) is 0 Å². The van der Waals surface area contributed by atoms with Crippen molar-refractivity contribution < 1.29 is 27.1 Å². The number of rotatable bonds is 5. The van der Waals surface area contributed by atoms with E-state index in [4.69, 9.17) is 0 Å². The second kappa shape index (κ2) is 8.37. The summed E-state index contributed by atoms with van der Waals surface area (Å²) in [7, 11) is -3.91. The standard InChI is InChI=1S/C15H20FN3O5S/c1-2-24-15(21)17-14(20)11-18-7-9-19(10-8-18)25(22,23)13-6-4-3-5-12(13)16/h3-6H,2,7-11H2,1H3,(H,17,20,21). The van der Waals surface area contributed by atoms with E-state index in [1.807, 2.05) is 0 Å². The molecule has 0 atom stereocenters. The summed E-state index contributed by atoms with van der Waals surface area (Å²) in [5, 5.41) is 2.08.